The summed E-state index contributed by atoms with van der Waals surface area (Å²) < 4.78 is 15.9. The van der Waals surface area contributed by atoms with Gasteiger partial charge < -0.3 is 0 Å². The highest BCUT2D eigenvalue weighted by atomic mass is 19.1. The van der Waals surface area contributed by atoms with Crippen LogP contribution in [-0.4, -0.2) is 20.7 Å². The molecule has 0 fully saturated rings. The predicted octanol–water partition coefficient (Wildman–Crippen LogP) is 3.22. The minimum absolute atomic E-state index is 0.0474. The molecular formula is C21H20FN3O3. The molecule has 3 aromatic rings. The zero-order valence-electron chi connectivity index (χ0n) is 15.8. The van der Waals surface area contributed by atoms with Crippen molar-refractivity contribution in [1.29, 1.82) is 0 Å². The van der Waals surface area contributed by atoms with Gasteiger partial charge in [-0.15, -0.1) is 0 Å². The molecule has 144 valence electrons. The van der Waals surface area contributed by atoms with E-state index in [1.54, 1.807) is 0 Å². The Labute approximate surface area is 160 Å². The van der Waals surface area contributed by atoms with E-state index in [-0.39, 0.29) is 22.0 Å². The maximum atomic E-state index is 14.4. The Bertz CT molecular complexity index is 1150. The smallest absolute Gasteiger partial charge is 0.267 e. The van der Waals surface area contributed by atoms with Gasteiger partial charge in [-0.1, -0.05) is 13.0 Å². The molecular weight excluding hydrogens is 361 g/mol. The minimum Gasteiger partial charge on any atom is -0.288 e. The first-order chi connectivity index (χ1) is 13.3. The molecule has 7 heteroatoms. The number of amides is 1. The lowest BCUT2D eigenvalue weighted by Crippen LogP contribution is -2.24. The van der Waals surface area contributed by atoms with Crippen molar-refractivity contribution in [2.24, 2.45) is 0 Å². The Morgan fingerprint density at radius 3 is 2.50 bits per heavy atom. The number of hydrogen-bond acceptors (Lipinski definition) is 4. The Morgan fingerprint density at radius 1 is 1.21 bits per heavy atom. The summed E-state index contributed by atoms with van der Waals surface area (Å²) in [6.07, 6.45) is 2.66. The molecule has 0 spiro atoms. The maximum Gasteiger partial charge on any atom is 0.267 e. The van der Waals surface area contributed by atoms with Gasteiger partial charge in [0.25, 0.3) is 11.5 Å². The fourth-order valence-electron chi connectivity index (χ4n) is 3.18. The molecule has 1 heterocycles. The average Bonchev–Trinajstić information content (AvgIpc) is 2.65. The van der Waals surface area contributed by atoms with Crippen LogP contribution >= 0.6 is 0 Å². The van der Waals surface area contributed by atoms with Gasteiger partial charge in [0, 0.05) is 24.1 Å². The highest BCUT2D eigenvalue weighted by Crippen LogP contribution is 2.20. The average molecular weight is 381 g/mol. The largest absolute Gasteiger partial charge is 0.288 e. The van der Waals surface area contributed by atoms with Crippen LogP contribution in [-0.2, 0) is 11.2 Å². The van der Waals surface area contributed by atoms with E-state index >= 15 is 0 Å². The molecule has 0 atom stereocenters. The molecule has 0 radical (unpaired) electrons. The van der Waals surface area contributed by atoms with Gasteiger partial charge in [0.1, 0.15) is 11.6 Å². The number of hydrogen-bond donors (Lipinski definition) is 2. The molecule has 2 aromatic carbocycles. The van der Waals surface area contributed by atoms with E-state index in [9.17, 15) is 14.0 Å². The fourth-order valence-corrected chi connectivity index (χ4v) is 3.18. The number of fused-ring (bicyclic) bond motifs is 1. The van der Waals surface area contributed by atoms with Gasteiger partial charge in [-0.25, -0.2) is 14.9 Å². The molecule has 2 N–H and O–H groups in total. The second-order valence-corrected chi connectivity index (χ2v) is 6.57. The predicted molar refractivity (Wildman–Crippen MR) is 105 cm³/mol. The maximum absolute atomic E-state index is 14.4. The number of hydroxylamine groups is 1. The molecule has 0 unspecified atom stereocenters. The molecule has 0 aliphatic carbocycles. The van der Waals surface area contributed by atoms with Crippen LogP contribution < -0.4 is 11.0 Å². The van der Waals surface area contributed by atoms with Gasteiger partial charge in [-0.2, -0.15) is 0 Å². The number of aromatic nitrogens is 2. The van der Waals surface area contributed by atoms with Gasteiger partial charge in [0.2, 0.25) is 0 Å². The van der Waals surface area contributed by atoms with Crippen LogP contribution in [0, 0.1) is 19.7 Å². The van der Waals surface area contributed by atoms with Crippen molar-refractivity contribution < 1.29 is 14.4 Å². The molecule has 28 heavy (non-hydrogen) atoms. The van der Waals surface area contributed by atoms with E-state index in [0.29, 0.717) is 17.9 Å². The van der Waals surface area contributed by atoms with Gasteiger partial charge in [-0.05, 0) is 49.2 Å². The molecule has 0 saturated carbocycles. The molecule has 1 amide bonds. The van der Waals surface area contributed by atoms with Crippen LogP contribution in [0.15, 0.2) is 41.2 Å². The highest BCUT2D eigenvalue weighted by Gasteiger charge is 2.14. The lowest BCUT2D eigenvalue weighted by atomic mass is 10.1. The zero-order valence-corrected chi connectivity index (χ0v) is 15.8. The van der Waals surface area contributed by atoms with E-state index in [0.717, 1.165) is 17.2 Å². The third kappa shape index (κ3) is 3.70. The quantitative estimate of drug-likeness (QED) is 0.413. The highest BCUT2D eigenvalue weighted by molar-refractivity contribution is 5.91. The summed E-state index contributed by atoms with van der Waals surface area (Å²) in [6.45, 7) is 5.78. The fraction of sp³-hybridized carbons (Fsp3) is 0.190. The van der Waals surface area contributed by atoms with E-state index in [1.807, 2.05) is 39.0 Å². The Hall–Kier alpha value is -3.32. The van der Waals surface area contributed by atoms with Gasteiger partial charge in [0.05, 0.1) is 16.6 Å². The number of aryl methyl sites for hydroxylation is 3. The third-order valence-corrected chi connectivity index (χ3v) is 4.36. The molecule has 0 aliphatic rings. The second kappa shape index (κ2) is 7.74. The van der Waals surface area contributed by atoms with E-state index in [4.69, 9.17) is 5.21 Å². The summed E-state index contributed by atoms with van der Waals surface area (Å²) in [4.78, 5) is 28.9. The number of carbonyl (C=O) groups excluding carboxylic acids is 1. The number of nitrogens with one attached hydrogen (secondary N) is 1. The summed E-state index contributed by atoms with van der Waals surface area (Å²) in [6, 6.07) is 8.35. The van der Waals surface area contributed by atoms with Crippen molar-refractivity contribution in [3.8, 4) is 5.69 Å². The SMILES string of the molecule is CCc1nc2cc(F)c(/C=C/C(=O)NO)cc2c(=O)n1-c1cc(C)cc(C)c1. The van der Waals surface area contributed by atoms with Crippen LogP contribution in [0.4, 0.5) is 4.39 Å². The summed E-state index contributed by atoms with van der Waals surface area (Å²) in [7, 11) is 0. The molecule has 0 aliphatic heterocycles. The normalized spacial score (nSPS) is 11.3. The lowest BCUT2D eigenvalue weighted by molar-refractivity contribution is -0.124. The Balaban J connectivity index is 2.29. The summed E-state index contributed by atoms with van der Waals surface area (Å²) in [5.74, 6) is -0.885. The number of rotatable bonds is 4. The van der Waals surface area contributed by atoms with Gasteiger partial charge in [-0.3, -0.25) is 19.4 Å². The van der Waals surface area contributed by atoms with Crippen molar-refractivity contribution in [2.75, 3.05) is 0 Å². The summed E-state index contributed by atoms with van der Waals surface area (Å²) >= 11 is 0. The van der Waals surface area contributed by atoms with Crippen LogP contribution in [0.25, 0.3) is 22.7 Å². The number of nitrogens with zero attached hydrogens (tertiary/aromatic N) is 2. The number of halogens is 1. The van der Waals surface area contributed by atoms with Crippen molar-refractivity contribution in [1.82, 2.24) is 15.0 Å². The second-order valence-electron chi connectivity index (χ2n) is 6.57. The number of benzene rings is 2. The number of carbonyl (C=O) groups is 1. The molecule has 6 nitrogen and oxygen atoms in total. The first-order valence-electron chi connectivity index (χ1n) is 8.80. The molecule has 0 bridgehead atoms. The van der Waals surface area contributed by atoms with E-state index < -0.39 is 11.7 Å². The lowest BCUT2D eigenvalue weighted by Gasteiger charge is -2.14. The third-order valence-electron chi connectivity index (χ3n) is 4.36. The van der Waals surface area contributed by atoms with Crippen molar-refractivity contribution in [2.45, 2.75) is 27.2 Å². The Kier molecular flexibility index (Phi) is 5.37. The zero-order chi connectivity index (χ0) is 20.4. The Morgan fingerprint density at radius 2 is 1.89 bits per heavy atom. The first kappa shape index (κ1) is 19.4. The van der Waals surface area contributed by atoms with E-state index in [2.05, 4.69) is 4.98 Å². The summed E-state index contributed by atoms with van der Waals surface area (Å²) in [5.41, 5.74) is 4.16. The molecule has 3 rings (SSSR count). The van der Waals surface area contributed by atoms with Crippen LogP contribution in [0.1, 0.15) is 29.4 Å². The van der Waals surface area contributed by atoms with Gasteiger partial charge >= 0.3 is 0 Å². The molecule has 1 aromatic heterocycles. The summed E-state index contributed by atoms with van der Waals surface area (Å²) in [5, 5.41) is 8.79. The van der Waals surface area contributed by atoms with Crippen molar-refractivity contribution in [3.63, 3.8) is 0 Å². The van der Waals surface area contributed by atoms with Crippen LogP contribution in [0.2, 0.25) is 0 Å². The van der Waals surface area contributed by atoms with Crippen LogP contribution in [0.5, 0.6) is 0 Å². The first-order valence-corrected chi connectivity index (χ1v) is 8.80. The van der Waals surface area contributed by atoms with Crippen LogP contribution in [0.3, 0.4) is 0 Å². The topological polar surface area (TPSA) is 84.2 Å². The van der Waals surface area contributed by atoms with E-state index in [1.165, 1.54) is 28.3 Å². The van der Waals surface area contributed by atoms with Gasteiger partial charge in [0.15, 0.2) is 0 Å². The van der Waals surface area contributed by atoms with Crippen molar-refractivity contribution in [3.05, 3.63) is 75.1 Å². The monoisotopic (exact) mass is 381 g/mol. The standard InChI is InChI=1S/C21H20FN3O3/c1-4-19-23-18-11-17(22)14(5-6-20(26)24-28)10-16(18)21(27)25(19)15-8-12(2)7-13(3)9-15/h5-11,28H,4H2,1-3H3,(H,24,26)/b6-5+. The van der Waals surface area contributed by atoms with Crippen molar-refractivity contribution >= 4 is 22.9 Å². The minimum atomic E-state index is -0.799. The molecule has 0 saturated heterocycles.